The predicted molar refractivity (Wildman–Crippen MR) is 60.6 cm³/mol. The topological polar surface area (TPSA) is 35.2 Å². The molecule has 0 fully saturated rings. The fraction of sp³-hybridized carbons (Fsp3) is 0.333. The van der Waals surface area contributed by atoms with Crippen LogP contribution in [0.4, 0.5) is 4.39 Å². The third kappa shape index (κ3) is 2.80. The van der Waals surface area contributed by atoms with E-state index in [9.17, 15) is 4.39 Å². The first-order valence-electron chi connectivity index (χ1n) is 4.88. The number of para-hydroxylation sites is 1. The first-order valence-corrected chi connectivity index (χ1v) is 4.88. The number of nitrogens with two attached hydrogens (primary N) is 1. The van der Waals surface area contributed by atoms with E-state index in [1.54, 1.807) is 13.2 Å². The van der Waals surface area contributed by atoms with Crippen molar-refractivity contribution in [2.75, 3.05) is 13.7 Å². The quantitative estimate of drug-likeness (QED) is 0.827. The molecule has 0 aliphatic carbocycles. The van der Waals surface area contributed by atoms with Crippen molar-refractivity contribution < 1.29 is 9.13 Å². The summed E-state index contributed by atoms with van der Waals surface area (Å²) in [5.41, 5.74) is 6.78. The molecule has 0 bridgehead atoms. The summed E-state index contributed by atoms with van der Waals surface area (Å²) in [6.45, 7) is 1.95. The van der Waals surface area contributed by atoms with E-state index in [-0.39, 0.29) is 0 Å². The Kier molecular flexibility index (Phi) is 4.31. The minimum absolute atomic E-state index is 0.457. The van der Waals surface area contributed by atoms with Gasteiger partial charge in [0.2, 0.25) is 0 Å². The van der Waals surface area contributed by atoms with Gasteiger partial charge in [0.15, 0.2) is 0 Å². The Hall–Kier alpha value is -1.35. The number of hydrogen-bond acceptors (Lipinski definition) is 2. The second kappa shape index (κ2) is 5.51. The van der Waals surface area contributed by atoms with E-state index in [0.717, 1.165) is 5.56 Å². The lowest BCUT2D eigenvalue weighted by atomic mass is 10.1. The highest BCUT2D eigenvalue weighted by atomic mass is 19.1. The molecule has 1 aromatic rings. The molecule has 1 unspecified atom stereocenters. The summed E-state index contributed by atoms with van der Waals surface area (Å²) in [5.74, 6) is 0.581. The van der Waals surface area contributed by atoms with Gasteiger partial charge in [0.05, 0.1) is 7.11 Å². The van der Waals surface area contributed by atoms with E-state index in [4.69, 9.17) is 10.5 Å². The highest BCUT2D eigenvalue weighted by molar-refractivity contribution is 5.60. The summed E-state index contributed by atoms with van der Waals surface area (Å²) in [6.07, 6.45) is 2.61. The molecule has 0 amide bonds. The van der Waals surface area contributed by atoms with Crippen LogP contribution >= 0.6 is 0 Å². The number of hydrogen-bond donors (Lipinski definition) is 1. The van der Waals surface area contributed by atoms with Crippen LogP contribution in [-0.4, -0.2) is 13.7 Å². The van der Waals surface area contributed by atoms with Gasteiger partial charge in [0, 0.05) is 17.7 Å². The molecule has 0 spiro atoms. The summed E-state index contributed by atoms with van der Waals surface area (Å²) in [6, 6.07) is 5.41. The zero-order valence-corrected chi connectivity index (χ0v) is 9.03. The van der Waals surface area contributed by atoms with E-state index in [2.05, 4.69) is 0 Å². The zero-order chi connectivity index (χ0) is 11.3. The number of alkyl halides is 1. The molecule has 0 heterocycles. The van der Waals surface area contributed by atoms with Gasteiger partial charge in [-0.25, -0.2) is 4.39 Å². The van der Waals surface area contributed by atoms with E-state index >= 15 is 0 Å². The minimum Gasteiger partial charge on any atom is -0.496 e. The lowest BCUT2D eigenvalue weighted by Gasteiger charge is -2.12. The minimum atomic E-state index is -1.04. The van der Waals surface area contributed by atoms with Crippen LogP contribution in [-0.2, 0) is 0 Å². The molecule has 0 saturated carbocycles. The van der Waals surface area contributed by atoms with Gasteiger partial charge < -0.3 is 10.5 Å². The lowest BCUT2D eigenvalue weighted by molar-refractivity contribution is 0.346. The average molecular weight is 209 g/mol. The summed E-state index contributed by atoms with van der Waals surface area (Å²) in [7, 11) is 1.54. The van der Waals surface area contributed by atoms with Crippen LogP contribution in [0.3, 0.4) is 0 Å². The normalized spacial score (nSPS) is 13.1. The Bertz CT molecular complexity index is 347. The van der Waals surface area contributed by atoms with Crippen molar-refractivity contribution in [2.45, 2.75) is 13.1 Å². The fourth-order valence-electron chi connectivity index (χ4n) is 1.45. The predicted octanol–water partition coefficient (Wildman–Crippen LogP) is 2.70. The molecule has 0 aliphatic heterocycles. The molecule has 2 N–H and O–H groups in total. The molecule has 3 heteroatoms. The molecule has 2 nitrogen and oxygen atoms in total. The number of methoxy groups -OCH3 is 1. The Morgan fingerprint density at radius 3 is 2.80 bits per heavy atom. The summed E-state index contributed by atoms with van der Waals surface area (Å²) >= 11 is 0. The van der Waals surface area contributed by atoms with Crippen molar-refractivity contribution in [3.8, 4) is 5.75 Å². The first kappa shape index (κ1) is 11.7. The first-order chi connectivity index (χ1) is 7.20. The molecule has 0 saturated heterocycles. The van der Waals surface area contributed by atoms with Crippen LogP contribution in [0.5, 0.6) is 5.75 Å². The lowest BCUT2D eigenvalue weighted by Crippen LogP contribution is -1.96. The van der Waals surface area contributed by atoms with Crippen molar-refractivity contribution >= 4 is 6.08 Å². The van der Waals surface area contributed by atoms with Crippen LogP contribution in [0.15, 0.2) is 24.3 Å². The fourth-order valence-corrected chi connectivity index (χ4v) is 1.45. The standard InChI is InChI=1S/C12H16FNO/c1-9(13)11-7-3-5-10(6-4-8-14)12(11)15-2/h3-7,9H,8,14H2,1-2H3/b6-4+. The van der Waals surface area contributed by atoms with Gasteiger partial charge in [-0.3, -0.25) is 0 Å². The van der Waals surface area contributed by atoms with E-state index in [0.29, 0.717) is 17.9 Å². The molecule has 0 radical (unpaired) electrons. The smallest absolute Gasteiger partial charge is 0.132 e. The van der Waals surface area contributed by atoms with Gasteiger partial charge in [-0.1, -0.05) is 30.4 Å². The summed E-state index contributed by atoms with van der Waals surface area (Å²) < 4.78 is 18.5. The van der Waals surface area contributed by atoms with Crippen LogP contribution in [0.2, 0.25) is 0 Å². The van der Waals surface area contributed by atoms with Crippen LogP contribution in [0, 0.1) is 0 Å². The maximum atomic E-state index is 13.3. The number of rotatable bonds is 4. The van der Waals surface area contributed by atoms with Crippen LogP contribution in [0.1, 0.15) is 24.2 Å². The maximum Gasteiger partial charge on any atom is 0.132 e. The van der Waals surface area contributed by atoms with Gasteiger partial charge in [0.1, 0.15) is 11.9 Å². The third-order valence-electron chi connectivity index (χ3n) is 2.14. The Balaban J connectivity index is 3.16. The van der Waals surface area contributed by atoms with Crippen molar-refractivity contribution in [2.24, 2.45) is 5.73 Å². The Labute approximate surface area is 89.6 Å². The van der Waals surface area contributed by atoms with Gasteiger partial charge >= 0.3 is 0 Å². The molecule has 1 aromatic carbocycles. The van der Waals surface area contributed by atoms with Crippen molar-refractivity contribution in [1.29, 1.82) is 0 Å². The monoisotopic (exact) mass is 209 g/mol. The van der Waals surface area contributed by atoms with Gasteiger partial charge in [-0.2, -0.15) is 0 Å². The van der Waals surface area contributed by atoms with Gasteiger partial charge in [0.25, 0.3) is 0 Å². The summed E-state index contributed by atoms with van der Waals surface area (Å²) in [5, 5.41) is 0. The van der Waals surface area contributed by atoms with E-state index < -0.39 is 6.17 Å². The molecule has 1 atom stereocenters. The van der Waals surface area contributed by atoms with Crippen LogP contribution < -0.4 is 10.5 Å². The SMILES string of the molecule is COc1c(/C=C/CN)cccc1C(C)F. The van der Waals surface area contributed by atoms with Gasteiger partial charge in [-0.05, 0) is 6.92 Å². The maximum absolute atomic E-state index is 13.3. The second-order valence-electron chi connectivity index (χ2n) is 3.22. The number of benzene rings is 1. The zero-order valence-electron chi connectivity index (χ0n) is 9.03. The number of ether oxygens (including phenoxy) is 1. The molecular formula is C12H16FNO. The largest absolute Gasteiger partial charge is 0.496 e. The van der Waals surface area contributed by atoms with Crippen molar-refractivity contribution in [3.63, 3.8) is 0 Å². The Morgan fingerprint density at radius 2 is 2.27 bits per heavy atom. The molecule has 82 valence electrons. The van der Waals surface area contributed by atoms with Crippen molar-refractivity contribution in [3.05, 3.63) is 35.4 Å². The van der Waals surface area contributed by atoms with Crippen LogP contribution in [0.25, 0.3) is 6.08 Å². The number of halogens is 1. The van der Waals surface area contributed by atoms with Crippen molar-refractivity contribution in [1.82, 2.24) is 0 Å². The highest BCUT2D eigenvalue weighted by Gasteiger charge is 2.12. The Morgan fingerprint density at radius 1 is 1.53 bits per heavy atom. The molecule has 15 heavy (non-hydrogen) atoms. The molecular weight excluding hydrogens is 193 g/mol. The second-order valence-corrected chi connectivity index (χ2v) is 3.22. The third-order valence-corrected chi connectivity index (χ3v) is 2.14. The molecule has 0 aliphatic rings. The molecule has 1 rings (SSSR count). The average Bonchev–Trinajstić information content (AvgIpc) is 2.25. The van der Waals surface area contributed by atoms with Gasteiger partial charge in [-0.15, -0.1) is 0 Å². The van der Waals surface area contributed by atoms with E-state index in [1.807, 2.05) is 24.3 Å². The highest BCUT2D eigenvalue weighted by Crippen LogP contribution is 2.31. The van der Waals surface area contributed by atoms with E-state index in [1.165, 1.54) is 6.92 Å². The summed E-state index contributed by atoms with van der Waals surface area (Å²) in [4.78, 5) is 0. The molecule has 0 aromatic heterocycles.